The van der Waals surface area contributed by atoms with E-state index in [0.717, 1.165) is 6.42 Å². The zero-order valence-corrected chi connectivity index (χ0v) is 12.3. The molecular weight excluding hydrogens is 280 g/mol. The molecule has 0 spiro atoms. The molecule has 3 N–H and O–H groups in total. The SMILES string of the molecule is Cc1cc(S(N)(=O)=O)ccc1NC(=O)C1(C)CCCO1. The maximum atomic E-state index is 12.2. The van der Waals surface area contributed by atoms with Gasteiger partial charge in [0.05, 0.1) is 4.90 Å². The molecule has 7 heteroatoms. The minimum atomic E-state index is -3.74. The van der Waals surface area contributed by atoms with Crippen molar-refractivity contribution in [2.24, 2.45) is 5.14 Å². The molecule has 1 amide bonds. The van der Waals surface area contributed by atoms with Crippen LogP contribution in [0.25, 0.3) is 0 Å². The number of nitrogens with two attached hydrogens (primary N) is 1. The summed E-state index contributed by atoms with van der Waals surface area (Å²) in [5, 5.41) is 7.83. The molecule has 0 bridgehead atoms. The molecule has 1 aromatic carbocycles. The van der Waals surface area contributed by atoms with Crippen molar-refractivity contribution in [1.82, 2.24) is 0 Å². The first-order valence-corrected chi connectivity index (χ1v) is 7.86. The fourth-order valence-corrected chi connectivity index (χ4v) is 2.76. The molecule has 0 saturated carbocycles. The molecule has 0 aliphatic carbocycles. The molecule has 1 unspecified atom stereocenters. The van der Waals surface area contributed by atoms with Crippen molar-refractivity contribution < 1.29 is 17.9 Å². The first kappa shape index (κ1) is 15.0. The maximum absolute atomic E-state index is 12.2. The largest absolute Gasteiger partial charge is 0.365 e. The van der Waals surface area contributed by atoms with Crippen molar-refractivity contribution in [3.8, 4) is 0 Å². The summed E-state index contributed by atoms with van der Waals surface area (Å²) in [6.07, 6.45) is 1.53. The van der Waals surface area contributed by atoms with Crippen LogP contribution in [0.1, 0.15) is 25.3 Å². The number of primary sulfonamides is 1. The molecule has 1 fully saturated rings. The number of aryl methyl sites for hydroxylation is 1. The van der Waals surface area contributed by atoms with Crippen LogP contribution in [0.4, 0.5) is 5.69 Å². The zero-order chi connectivity index (χ0) is 15.0. The van der Waals surface area contributed by atoms with E-state index in [4.69, 9.17) is 9.88 Å². The smallest absolute Gasteiger partial charge is 0.256 e. The van der Waals surface area contributed by atoms with E-state index in [1.807, 2.05) is 0 Å². The quantitative estimate of drug-likeness (QED) is 0.874. The van der Waals surface area contributed by atoms with E-state index in [9.17, 15) is 13.2 Å². The van der Waals surface area contributed by atoms with Crippen LogP contribution < -0.4 is 10.5 Å². The summed E-state index contributed by atoms with van der Waals surface area (Å²) in [5.74, 6) is -0.221. The molecule has 1 atom stereocenters. The standard InChI is InChI=1S/C13H18N2O4S/c1-9-8-10(20(14,17)18)4-5-11(9)15-12(16)13(2)6-3-7-19-13/h4-5,8H,3,6-7H2,1-2H3,(H,15,16)(H2,14,17,18). The third-order valence-electron chi connectivity index (χ3n) is 3.47. The summed E-state index contributed by atoms with van der Waals surface area (Å²) < 4.78 is 28.0. The topological polar surface area (TPSA) is 98.5 Å². The van der Waals surface area contributed by atoms with Gasteiger partial charge in [0.2, 0.25) is 10.0 Å². The van der Waals surface area contributed by atoms with Gasteiger partial charge in [-0.2, -0.15) is 0 Å². The van der Waals surface area contributed by atoms with Gasteiger partial charge in [0.1, 0.15) is 5.60 Å². The number of hydrogen-bond donors (Lipinski definition) is 2. The summed E-state index contributed by atoms with van der Waals surface area (Å²) >= 11 is 0. The Bertz CT molecular complexity index is 634. The summed E-state index contributed by atoms with van der Waals surface area (Å²) in [7, 11) is -3.74. The predicted molar refractivity (Wildman–Crippen MR) is 74.8 cm³/mol. The number of carbonyl (C=O) groups is 1. The van der Waals surface area contributed by atoms with Crippen LogP contribution in [-0.4, -0.2) is 26.5 Å². The Balaban J connectivity index is 2.20. The van der Waals surface area contributed by atoms with Crippen molar-refractivity contribution in [2.75, 3.05) is 11.9 Å². The molecule has 6 nitrogen and oxygen atoms in total. The van der Waals surface area contributed by atoms with Gasteiger partial charge in [0.25, 0.3) is 5.91 Å². The van der Waals surface area contributed by atoms with Crippen molar-refractivity contribution in [1.29, 1.82) is 0 Å². The molecular formula is C13H18N2O4S. The summed E-state index contributed by atoms with van der Waals surface area (Å²) in [6, 6.07) is 4.34. The second kappa shape index (κ2) is 5.16. The number of carbonyl (C=O) groups excluding carboxylic acids is 1. The van der Waals surface area contributed by atoms with Gasteiger partial charge in [-0.25, -0.2) is 13.6 Å². The lowest BCUT2D eigenvalue weighted by molar-refractivity contribution is -0.133. The van der Waals surface area contributed by atoms with Crippen molar-refractivity contribution >= 4 is 21.6 Å². The van der Waals surface area contributed by atoms with E-state index in [1.165, 1.54) is 18.2 Å². The number of hydrogen-bond acceptors (Lipinski definition) is 4. The lowest BCUT2D eigenvalue weighted by atomic mass is 10.0. The number of anilines is 1. The lowest BCUT2D eigenvalue weighted by Gasteiger charge is -2.22. The molecule has 1 aromatic rings. The van der Waals surface area contributed by atoms with Gasteiger partial charge in [0.15, 0.2) is 0 Å². The highest BCUT2D eigenvalue weighted by Crippen LogP contribution is 2.27. The second-order valence-corrected chi connectivity index (χ2v) is 6.72. The Hall–Kier alpha value is -1.44. The highest BCUT2D eigenvalue weighted by Gasteiger charge is 2.37. The number of sulfonamides is 1. The van der Waals surface area contributed by atoms with Crippen LogP contribution in [0.3, 0.4) is 0 Å². The lowest BCUT2D eigenvalue weighted by Crippen LogP contribution is -2.39. The summed E-state index contributed by atoms with van der Waals surface area (Å²) in [6.45, 7) is 4.04. The average molecular weight is 298 g/mol. The van der Waals surface area contributed by atoms with E-state index in [0.29, 0.717) is 24.3 Å². The predicted octanol–water partition coefficient (Wildman–Crippen LogP) is 1.15. The molecule has 1 aliphatic rings. The Labute approximate surface area is 118 Å². The monoisotopic (exact) mass is 298 g/mol. The molecule has 1 aliphatic heterocycles. The van der Waals surface area contributed by atoms with E-state index in [-0.39, 0.29) is 10.8 Å². The van der Waals surface area contributed by atoms with Crippen LogP contribution in [-0.2, 0) is 19.6 Å². The number of ether oxygens (including phenoxy) is 1. The minimum Gasteiger partial charge on any atom is -0.365 e. The Morgan fingerprint density at radius 1 is 1.45 bits per heavy atom. The van der Waals surface area contributed by atoms with Gasteiger partial charge in [-0.15, -0.1) is 0 Å². The van der Waals surface area contributed by atoms with Crippen molar-refractivity contribution in [3.63, 3.8) is 0 Å². The fraction of sp³-hybridized carbons (Fsp3) is 0.462. The van der Waals surface area contributed by atoms with Gasteiger partial charge in [-0.1, -0.05) is 0 Å². The molecule has 110 valence electrons. The Kier molecular flexibility index (Phi) is 3.86. The van der Waals surface area contributed by atoms with Gasteiger partial charge >= 0.3 is 0 Å². The Morgan fingerprint density at radius 2 is 2.15 bits per heavy atom. The first-order valence-electron chi connectivity index (χ1n) is 6.31. The summed E-state index contributed by atoms with van der Waals surface area (Å²) in [5.41, 5.74) is 0.371. The van der Waals surface area contributed by atoms with E-state index in [1.54, 1.807) is 13.8 Å². The number of nitrogens with one attached hydrogen (secondary N) is 1. The van der Waals surface area contributed by atoms with Gasteiger partial charge in [0, 0.05) is 12.3 Å². The highest BCUT2D eigenvalue weighted by molar-refractivity contribution is 7.89. The van der Waals surface area contributed by atoms with Crippen molar-refractivity contribution in [3.05, 3.63) is 23.8 Å². The van der Waals surface area contributed by atoms with E-state index >= 15 is 0 Å². The molecule has 1 saturated heterocycles. The average Bonchev–Trinajstić information content (AvgIpc) is 2.78. The second-order valence-electron chi connectivity index (χ2n) is 5.16. The molecule has 20 heavy (non-hydrogen) atoms. The van der Waals surface area contributed by atoms with E-state index in [2.05, 4.69) is 5.32 Å². The number of benzene rings is 1. The van der Waals surface area contributed by atoms with Crippen LogP contribution in [0, 0.1) is 6.92 Å². The molecule has 1 heterocycles. The van der Waals surface area contributed by atoms with Gasteiger partial charge < -0.3 is 10.1 Å². The fourth-order valence-electron chi connectivity index (χ4n) is 2.17. The Morgan fingerprint density at radius 3 is 2.65 bits per heavy atom. The van der Waals surface area contributed by atoms with Gasteiger partial charge in [-0.05, 0) is 50.5 Å². The zero-order valence-electron chi connectivity index (χ0n) is 11.5. The minimum absolute atomic E-state index is 0.0244. The maximum Gasteiger partial charge on any atom is 0.256 e. The highest BCUT2D eigenvalue weighted by atomic mass is 32.2. The van der Waals surface area contributed by atoms with Gasteiger partial charge in [-0.3, -0.25) is 4.79 Å². The van der Waals surface area contributed by atoms with Crippen molar-refractivity contribution in [2.45, 2.75) is 37.2 Å². The molecule has 2 rings (SSSR count). The molecule has 0 aromatic heterocycles. The first-order chi connectivity index (χ1) is 9.22. The van der Waals surface area contributed by atoms with Crippen LogP contribution in [0.5, 0.6) is 0 Å². The number of amides is 1. The van der Waals surface area contributed by atoms with E-state index < -0.39 is 15.6 Å². The molecule has 0 radical (unpaired) electrons. The third-order valence-corrected chi connectivity index (χ3v) is 4.38. The normalized spacial score (nSPS) is 22.8. The van der Waals surface area contributed by atoms with Crippen LogP contribution in [0.15, 0.2) is 23.1 Å². The van der Waals surface area contributed by atoms with Crippen LogP contribution in [0.2, 0.25) is 0 Å². The number of rotatable bonds is 3. The summed E-state index contributed by atoms with van der Waals surface area (Å²) in [4.78, 5) is 12.2. The third kappa shape index (κ3) is 3.00. The van der Waals surface area contributed by atoms with Crippen LogP contribution >= 0.6 is 0 Å².